The summed E-state index contributed by atoms with van der Waals surface area (Å²) in [4.78, 5) is 4.15. The van der Waals surface area contributed by atoms with E-state index in [1.807, 2.05) is 0 Å². The third kappa shape index (κ3) is 2.45. The molecule has 1 aliphatic heterocycles. The van der Waals surface area contributed by atoms with Gasteiger partial charge in [0.2, 0.25) is 5.95 Å². The molecule has 0 fully saturated rings. The Morgan fingerprint density at radius 2 is 1.88 bits per heavy atom. The van der Waals surface area contributed by atoms with Gasteiger partial charge in [0.05, 0.1) is 0 Å². The highest BCUT2D eigenvalue weighted by molar-refractivity contribution is 6.31. The van der Waals surface area contributed by atoms with Crippen LogP contribution in [0.15, 0.2) is 54.9 Å². The smallest absolute Gasteiger partial charge is 0.226 e. The molecule has 0 amide bonds. The first-order valence-corrected chi connectivity index (χ1v) is 7.59. The molecule has 0 unspecified atom stereocenters. The van der Waals surface area contributed by atoms with Gasteiger partial charge in [-0.3, -0.25) is 0 Å². The molecule has 0 saturated carbocycles. The Bertz CT molecular complexity index is 914. The maximum atomic E-state index is 14.4. The zero-order valence-electron chi connectivity index (χ0n) is 12.2. The Morgan fingerprint density at radius 3 is 2.62 bits per heavy atom. The maximum Gasteiger partial charge on any atom is 0.226 e. The van der Waals surface area contributed by atoms with E-state index in [0.29, 0.717) is 22.2 Å². The van der Waals surface area contributed by atoms with Crippen LogP contribution in [0.25, 0.3) is 5.70 Å². The molecule has 0 saturated heterocycles. The van der Waals surface area contributed by atoms with Gasteiger partial charge in [0.1, 0.15) is 24.0 Å². The minimum Gasteiger partial charge on any atom is -0.324 e. The van der Waals surface area contributed by atoms with Crippen LogP contribution in [0.4, 0.5) is 14.7 Å². The summed E-state index contributed by atoms with van der Waals surface area (Å²) in [5, 5.41) is 7.57. The molecule has 0 aliphatic carbocycles. The van der Waals surface area contributed by atoms with Gasteiger partial charge in [-0.15, -0.1) is 0 Å². The van der Waals surface area contributed by atoms with Gasteiger partial charge in [-0.25, -0.2) is 13.5 Å². The van der Waals surface area contributed by atoms with Gasteiger partial charge in [0, 0.05) is 16.3 Å². The summed E-state index contributed by atoms with van der Waals surface area (Å²) in [6.45, 7) is 0. The summed E-state index contributed by atoms with van der Waals surface area (Å²) in [5.74, 6) is -0.293. The normalized spacial score (nSPS) is 16.3. The van der Waals surface area contributed by atoms with E-state index in [1.54, 1.807) is 35.0 Å². The van der Waals surface area contributed by atoms with E-state index in [-0.39, 0.29) is 5.82 Å². The first-order valence-electron chi connectivity index (χ1n) is 7.21. The molecule has 1 atom stereocenters. The number of allylic oxidation sites excluding steroid dienone is 1. The number of rotatable bonds is 2. The van der Waals surface area contributed by atoms with Crippen LogP contribution >= 0.6 is 11.6 Å². The highest BCUT2D eigenvalue weighted by Gasteiger charge is 2.27. The third-order valence-electron chi connectivity index (χ3n) is 3.86. The highest BCUT2D eigenvalue weighted by atomic mass is 35.5. The van der Waals surface area contributed by atoms with Crippen molar-refractivity contribution in [2.75, 3.05) is 5.32 Å². The molecular formula is C17H11ClF2N4. The van der Waals surface area contributed by atoms with Gasteiger partial charge >= 0.3 is 0 Å². The molecule has 24 heavy (non-hydrogen) atoms. The van der Waals surface area contributed by atoms with Gasteiger partial charge in [0.25, 0.3) is 0 Å². The van der Waals surface area contributed by atoms with Crippen molar-refractivity contribution in [1.82, 2.24) is 14.8 Å². The molecule has 7 heteroatoms. The minimum atomic E-state index is -0.558. The fraction of sp³-hybridized carbons (Fsp3) is 0.0588. The van der Waals surface area contributed by atoms with E-state index in [4.69, 9.17) is 11.6 Å². The van der Waals surface area contributed by atoms with Crippen molar-refractivity contribution in [2.45, 2.75) is 6.04 Å². The number of nitrogens with zero attached hydrogens (tertiary/aromatic N) is 3. The van der Waals surface area contributed by atoms with Crippen molar-refractivity contribution in [3.8, 4) is 0 Å². The Hall–Kier alpha value is -2.73. The van der Waals surface area contributed by atoms with Crippen LogP contribution in [0, 0.1) is 11.6 Å². The SMILES string of the molecule is Fc1ccc(C2=C[C@@H](c3c(F)cccc3Cl)n3ncnc3N2)cc1. The number of hydrogen-bond acceptors (Lipinski definition) is 3. The number of anilines is 1. The molecule has 4 nitrogen and oxygen atoms in total. The zero-order valence-corrected chi connectivity index (χ0v) is 13.0. The van der Waals surface area contributed by atoms with Crippen molar-refractivity contribution < 1.29 is 8.78 Å². The van der Waals surface area contributed by atoms with Crippen LogP contribution in [0.2, 0.25) is 5.02 Å². The van der Waals surface area contributed by atoms with E-state index >= 15 is 0 Å². The van der Waals surface area contributed by atoms with Gasteiger partial charge in [0.15, 0.2) is 0 Å². The maximum absolute atomic E-state index is 14.4. The molecule has 2 aromatic carbocycles. The molecule has 1 aromatic heterocycles. The number of hydrogen-bond donors (Lipinski definition) is 1. The fourth-order valence-corrected chi connectivity index (χ4v) is 3.01. The predicted octanol–water partition coefficient (Wildman–Crippen LogP) is 4.27. The van der Waals surface area contributed by atoms with E-state index < -0.39 is 11.9 Å². The first-order chi connectivity index (χ1) is 11.6. The lowest BCUT2D eigenvalue weighted by Gasteiger charge is -2.25. The summed E-state index contributed by atoms with van der Waals surface area (Å²) in [5.41, 5.74) is 1.75. The van der Waals surface area contributed by atoms with Gasteiger partial charge in [-0.05, 0) is 48.0 Å². The molecule has 2 heterocycles. The first kappa shape index (κ1) is 14.8. The van der Waals surface area contributed by atoms with E-state index in [9.17, 15) is 8.78 Å². The fourth-order valence-electron chi connectivity index (χ4n) is 2.73. The van der Waals surface area contributed by atoms with Crippen LogP contribution in [-0.2, 0) is 0 Å². The predicted molar refractivity (Wildman–Crippen MR) is 87.6 cm³/mol. The average molecular weight is 345 g/mol. The molecule has 0 radical (unpaired) electrons. The average Bonchev–Trinajstić information content (AvgIpc) is 3.04. The van der Waals surface area contributed by atoms with Crippen LogP contribution in [-0.4, -0.2) is 14.8 Å². The lowest BCUT2D eigenvalue weighted by atomic mass is 10.0. The molecule has 1 N–H and O–H groups in total. The summed E-state index contributed by atoms with van der Waals surface area (Å²) in [7, 11) is 0. The van der Waals surface area contributed by atoms with Crippen LogP contribution in [0.3, 0.4) is 0 Å². The quantitative estimate of drug-likeness (QED) is 0.755. The Balaban J connectivity index is 1.87. The minimum absolute atomic E-state index is 0.304. The second-order valence-corrected chi connectivity index (χ2v) is 5.73. The number of aromatic nitrogens is 3. The topological polar surface area (TPSA) is 42.7 Å². The van der Waals surface area contributed by atoms with Crippen molar-refractivity contribution in [3.63, 3.8) is 0 Å². The number of fused-ring (bicyclic) bond motifs is 1. The molecule has 4 rings (SSSR count). The monoisotopic (exact) mass is 344 g/mol. The zero-order chi connectivity index (χ0) is 16.7. The summed E-state index contributed by atoms with van der Waals surface area (Å²) >= 11 is 6.21. The van der Waals surface area contributed by atoms with E-state index in [0.717, 1.165) is 5.56 Å². The number of halogens is 3. The largest absolute Gasteiger partial charge is 0.324 e. The third-order valence-corrected chi connectivity index (χ3v) is 4.19. The summed E-state index contributed by atoms with van der Waals surface area (Å²) in [6.07, 6.45) is 3.17. The molecule has 0 spiro atoms. The lowest BCUT2D eigenvalue weighted by molar-refractivity contribution is 0.551. The van der Waals surface area contributed by atoms with Gasteiger partial charge in [-0.1, -0.05) is 17.7 Å². The summed E-state index contributed by atoms with van der Waals surface area (Å²) < 4.78 is 29.1. The lowest BCUT2D eigenvalue weighted by Crippen LogP contribution is -2.21. The van der Waals surface area contributed by atoms with Gasteiger partial charge < -0.3 is 5.32 Å². The van der Waals surface area contributed by atoms with Crippen molar-refractivity contribution in [1.29, 1.82) is 0 Å². The standard InChI is InChI=1S/C17H11ClF2N4/c18-12-2-1-3-13(20)16(12)15-8-14(10-4-6-11(19)7-5-10)23-17-21-9-22-24(15)17/h1-9,15H,(H,21,22,23)/t15-/m0/s1. The Labute approximate surface area is 141 Å². The van der Waals surface area contributed by atoms with Crippen molar-refractivity contribution in [2.24, 2.45) is 0 Å². The molecule has 120 valence electrons. The highest BCUT2D eigenvalue weighted by Crippen LogP contribution is 2.36. The Morgan fingerprint density at radius 1 is 1.08 bits per heavy atom. The Kier molecular flexibility index (Phi) is 3.54. The van der Waals surface area contributed by atoms with E-state index in [1.165, 1.54) is 24.5 Å². The van der Waals surface area contributed by atoms with Crippen LogP contribution < -0.4 is 5.32 Å². The van der Waals surface area contributed by atoms with Crippen molar-refractivity contribution in [3.05, 3.63) is 82.7 Å². The molecule has 3 aromatic rings. The van der Waals surface area contributed by atoms with Crippen LogP contribution in [0.5, 0.6) is 0 Å². The molecular weight excluding hydrogens is 334 g/mol. The van der Waals surface area contributed by atoms with Crippen LogP contribution in [0.1, 0.15) is 17.2 Å². The number of nitrogens with one attached hydrogen (secondary N) is 1. The second-order valence-electron chi connectivity index (χ2n) is 5.32. The molecule has 0 bridgehead atoms. The summed E-state index contributed by atoms with van der Waals surface area (Å²) in [6, 6.07) is 9.98. The van der Waals surface area contributed by atoms with Crippen molar-refractivity contribution >= 4 is 23.2 Å². The van der Waals surface area contributed by atoms with Gasteiger partial charge in [-0.2, -0.15) is 10.1 Å². The van der Waals surface area contributed by atoms with E-state index in [2.05, 4.69) is 15.4 Å². The molecule has 1 aliphatic rings. The second kappa shape index (κ2) is 5.72. The number of benzene rings is 2.